The Bertz CT molecular complexity index is 1280. The quantitative estimate of drug-likeness (QED) is 0.358. The van der Waals surface area contributed by atoms with Crippen molar-refractivity contribution in [1.29, 1.82) is 0 Å². The molecule has 2 aliphatic rings. The molecule has 0 saturated carbocycles. The van der Waals surface area contributed by atoms with Gasteiger partial charge in [-0.05, 0) is 42.3 Å². The number of likely N-dealkylation sites (tertiary alicyclic amines) is 1. The molecule has 2 unspecified atom stereocenters. The Morgan fingerprint density at radius 2 is 1.79 bits per heavy atom. The Labute approximate surface area is 190 Å². The number of benzene rings is 3. The van der Waals surface area contributed by atoms with Gasteiger partial charge in [0.25, 0.3) is 11.7 Å². The number of rotatable bonds is 4. The Kier molecular flexibility index (Phi) is 5.21. The summed E-state index contributed by atoms with van der Waals surface area (Å²) in [5.41, 5.74) is 2.14. The maximum atomic E-state index is 14.9. The fourth-order valence-corrected chi connectivity index (χ4v) is 4.57. The van der Waals surface area contributed by atoms with Crippen molar-refractivity contribution < 1.29 is 23.8 Å². The summed E-state index contributed by atoms with van der Waals surface area (Å²) in [6, 6.07) is 19.3. The van der Waals surface area contributed by atoms with Gasteiger partial charge in [-0.3, -0.25) is 9.59 Å². The smallest absolute Gasteiger partial charge is 0.295 e. The lowest BCUT2D eigenvalue weighted by Gasteiger charge is -2.25. The molecule has 166 valence electrons. The van der Waals surface area contributed by atoms with Gasteiger partial charge < -0.3 is 14.7 Å². The van der Waals surface area contributed by atoms with Crippen molar-refractivity contribution in [3.05, 3.63) is 106 Å². The van der Waals surface area contributed by atoms with Crippen molar-refractivity contribution in [3.8, 4) is 5.75 Å². The molecule has 2 heterocycles. The lowest BCUT2D eigenvalue weighted by molar-refractivity contribution is -0.140. The second-order valence-electron chi connectivity index (χ2n) is 8.39. The molecular formula is C27H22FNO4. The van der Waals surface area contributed by atoms with Crippen LogP contribution in [0.25, 0.3) is 5.76 Å². The lowest BCUT2D eigenvalue weighted by atomic mass is 9.94. The van der Waals surface area contributed by atoms with Crippen molar-refractivity contribution in [1.82, 2.24) is 4.90 Å². The van der Waals surface area contributed by atoms with Crippen molar-refractivity contribution in [3.63, 3.8) is 0 Å². The summed E-state index contributed by atoms with van der Waals surface area (Å²) in [5.74, 6) is -1.74. The fraction of sp³-hybridized carbons (Fsp3) is 0.185. The van der Waals surface area contributed by atoms with Gasteiger partial charge >= 0.3 is 0 Å². The van der Waals surface area contributed by atoms with E-state index in [-0.39, 0.29) is 29.5 Å². The fourth-order valence-electron chi connectivity index (χ4n) is 4.57. The van der Waals surface area contributed by atoms with Crippen LogP contribution in [0.5, 0.6) is 5.75 Å². The molecule has 2 aliphatic heterocycles. The van der Waals surface area contributed by atoms with E-state index in [1.807, 2.05) is 37.3 Å². The Morgan fingerprint density at radius 3 is 2.55 bits per heavy atom. The van der Waals surface area contributed by atoms with Crippen LogP contribution in [-0.4, -0.2) is 27.8 Å². The summed E-state index contributed by atoms with van der Waals surface area (Å²) in [6.07, 6.45) is 0.697. The third-order valence-corrected chi connectivity index (χ3v) is 6.10. The molecule has 6 heteroatoms. The summed E-state index contributed by atoms with van der Waals surface area (Å²) < 4.78 is 20.6. The van der Waals surface area contributed by atoms with Gasteiger partial charge in [-0.1, -0.05) is 48.5 Å². The molecule has 5 rings (SSSR count). The third kappa shape index (κ3) is 3.67. The van der Waals surface area contributed by atoms with Gasteiger partial charge in [-0.15, -0.1) is 0 Å². The van der Waals surface area contributed by atoms with E-state index in [1.54, 1.807) is 30.3 Å². The lowest BCUT2D eigenvalue weighted by Crippen LogP contribution is -2.29. The number of ketones is 1. The van der Waals surface area contributed by atoms with Crippen LogP contribution in [-0.2, 0) is 22.6 Å². The summed E-state index contributed by atoms with van der Waals surface area (Å²) in [7, 11) is 0. The normalized spacial score (nSPS) is 21.2. The minimum Gasteiger partial charge on any atom is -0.507 e. The molecule has 1 fully saturated rings. The van der Waals surface area contributed by atoms with Crippen LogP contribution in [0, 0.1) is 5.82 Å². The van der Waals surface area contributed by atoms with Gasteiger partial charge in [0.1, 0.15) is 23.4 Å². The molecule has 1 amide bonds. The highest BCUT2D eigenvalue weighted by Crippen LogP contribution is 2.42. The maximum absolute atomic E-state index is 14.9. The average Bonchev–Trinajstić information content (AvgIpc) is 3.31. The Balaban J connectivity index is 1.65. The Morgan fingerprint density at radius 1 is 1.06 bits per heavy atom. The second kappa shape index (κ2) is 8.20. The highest BCUT2D eigenvalue weighted by atomic mass is 19.1. The monoisotopic (exact) mass is 443 g/mol. The summed E-state index contributed by atoms with van der Waals surface area (Å²) in [6.45, 7) is 2.06. The maximum Gasteiger partial charge on any atom is 0.295 e. The van der Waals surface area contributed by atoms with E-state index in [2.05, 4.69) is 0 Å². The molecule has 0 radical (unpaired) electrons. The molecule has 3 aromatic rings. The number of aliphatic hydroxyl groups excluding tert-OH is 1. The molecule has 2 atom stereocenters. The van der Waals surface area contributed by atoms with E-state index < -0.39 is 23.5 Å². The number of nitrogens with zero attached hydrogens (tertiary/aromatic N) is 1. The van der Waals surface area contributed by atoms with E-state index in [9.17, 15) is 19.1 Å². The van der Waals surface area contributed by atoms with Crippen molar-refractivity contribution in [2.45, 2.75) is 32.0 Å². The van der Waals surface area contributed by atoms with Crippen LogP contribution >= 0.6 is 0 Å². The van der Waals surface area contributed by atoms with E-state index in [4.69, 9.17) is 4.74 Å². The molecule has 1 N–H and O–H groups in total. The first-order valence-electron chi connectivity index (χ1n) is 10.8. The first-order valence-corrected chi connectivity index (χ1v) is 10.8. The molecule has 0 spiro atoms. The Hall–Kier alpha value is -3.93. The highest BCUT2D eigenvalue weighted by molar-refractivity contribution is 6.46. The van der Waals surface area contributed by atoms with Gasteiger partial charge in [0.05, 0.1) is 11.6 Å². The number of Topliss-reactive ketones (excluding diaryl/α,β-unsaturated/α-hetero) is 1. The number of amides is 1. The molecule has 33 heavy (non-hydrogen) atoms. The standard InChI is InChI=1S/C27H22FNO4/c1-16-13-19-14-18(11-12-22(19)33-16)25(30)23-24(20-9-5-6-10-21(20)28)29(27(32)26(23)31)15-17-7-3-2-4-8-17/h2-12,14,16,24,30H,13,15H2,1H3. The van der Waals surface area contributed by atoms with Gasteiger partial charge in [0.15, 0.2) is 0 Å². The number of fused-ring (bicyclic) bond motifs is 1. The van der Waals surface area contributed by atoms with Gasteiger partial charge in [0.2, 0.25) is 0 Å². The number of carbonyl (C=O) groups is 2. The van der Waals surface area contributed by atoms with Crippen molar-refractivity contribution in [2.24, 2.45) is 0 Å². The largest absolute Gasteiger partial charge is 0.507 e. The van der Waals surface area contributed by atoms with Crippen LogP contribution in [0.2, 0.25) is 0 Å². The minimum absolute atomic E-state index is 0.0206. The van der Waals surface area contributed by atoms with E-state index in [0.717, 1.165) is 16.9 Å². The third-order valence-electron chi connectivity index (χ3n) is 6.10. The number of carbonyl (C=O) groups excluding carboxylic acids is 2. The summed E-state index contributed by atoms with van der Waals surface area (Å²) in [4.78, 5) is 27.5. The molecule has 5 nitrogen and oxygen atoms in total. The number of aliphatic hydroxyl groups is 1. The number of hydrogen-bond donors (Lipinski definition) is 1. The number of hydrogen-bond acceptors (Lipinski definition) is 4. The first-order chi connectivity index (χ1) is 15.9. The SMILES string of the molecule is CC1Cc2cc(C(O)=C3C(=O)C(=O)N(Cc4ccccc4)C3c3ccccc3F)ccc2O1. The van der Waals surface area contributed by atoms with Crippen LogP contribution < -0.4 is 4.74 Å². The average molecular weight is 443 g/mol. The van der Waals surface area contributed by atoms with Crippen LogP contribution in [0.3, 0.4) is 0 Å². The zero-order valence-electron chi connectivity index (χ0n) is 18.0. The van der Waals surface area contributed by atoms with Crippen LogP contribution in [0.15, 0.2) is 78.4 Å². The second-order valence-corrected chi connectivity index (χ2v) is 8.39. The molecule has 0 bridgehead atoms. The molecule has 1 saturated heterocycles. The van der Waals surface area contributed by atoms with Crippen LogP contribution in [0.1, 0.15) is 35.2 Å². The van der Waals surface area contributed by atoms with Crippen LogP contribution in [0.4, 0.5) is 4.39 Å². The van der Waals surface area contributed by atoms with E-state index in [0.29, 0.717) is 12.0 Å². The zero-order chi connectivity index (χ0) is 23.1. The zero-order valence-corrected chi connectivity index (χ0v) is 18.0. The summed E-state index contributed by atoms with van der Waals surface area (Å²) >= 11 is 0. The first kappa shape index (κ1) is 20.9. The molecule has 3 aromatic carbocycles. The van der Waals surface area contributed by atoms with Crippen molar-refractivity contribution >= 4 is 17.4 Å². The number of ether oxygens (including phenoxy) is 1. The van der Waals surface area contributed by atoms with Gasteiger partial charge in [0, 0.05) is 24.1 Å². The molecule has 0 aliphatic carbocycles. The predicted octanol–water partition coefficient (Wildman–Crippen LogP) is 4.77. The molecule has 0 aromatic heterocycles. The van der Waals surface area contributed by atoms with Gasteiger partial charge in [-0.25, -0.2) is 4.39 Å². The van der Waals surface area contributed by atoms with E-state index >= 15 is 0 Å². The van der Waals surface area contributed by atoms with Crippen molar-refractivity contribution in [2.75, 3.05) is 0 Å². The summed E-state index contributed by atoms with van der Waals surface area (Å²) in [5, 5.41) is 11.2. The molecular weight excluding hydrogens is 421 g/mol. The van der Waals surface area contributed by atoms with Gasteiger partial charge in [-0.2, -0.15) is 0 Å². The predicted molar refractivity (Wildman–Crippen MR) is 121 cm³/mol. The number of halogens is 1. The minimum atomic E-state index is -1.05. The van der Waals surface area contributed by atoms with E-state index in [1.165, 1.54) is 17.0 Å². The highest BCUT2D eigenvalue weighted by Gasteiger charge is 2.47. The topological polar surface area (TPSA) is 66.8 Å².